The van der Waals surface area contributed by atoms with E-state index in [1.807, 2.05) is 29.8 Å². The number of nitrogens with zero attached hydrogens (tertiary/aromatic N) is 8. The molecule has 10 heteroatoms. The Labute approximate surface area is 211 Å². The first kappa shape index (κ1) is 22.7. The first-order valence-corrected chi connectivity index (χ1v) is 11.8. The second-order valence-corrected chi connectivity index (χ2v) is 9.02. The summed E-state index contributed by atoms with van der Waals surface area (Å²) in [4.78, 5) is 9.07. The fourth-order valence-corrected chi connectivity index (χ4v) is 4.32. The minimum Gasteiger partial charge on any atom is -0.390 e. The van der Waals surface area contributed by atoms with Gasteiger partial charge in [0.1, 0.15) is 17.8 Å². The lowest BCUT2D eigenvalue weighted by atomic mass is 9.96. The van der Waals surface area contributed by atoms with Crippen LogP contribution in [-0.2, 0) is 13.7 Å². The molecule has 9 nitrogen and oxygen atoms in total. The molecule has 6 rings (SSSR count). The zero-order chi connectivity index (χ0) is 25.5. The van der Waals surface area contributed by atoms with Gasteiger partial charge in [-0.2, -0.15) is 10.4 Å². The highest BCUT2D eigenvalue weighted by Crippen LogP contribution is 2.42. The lowest BCUT2D eigenvalue weighted by Crippen LogP contribution is -2.02. The number of pyridine rings is 2. The van der Waals surface area contributed by atoms with Gasteiger partial charge < -0.3 is 9.67 Å². The Hall–Kier alpha value is -4.75. The summed E-state index contributed by atoms with van der Waals surface area (Å²) < 4.78 is 17.9. The van der Waals surface area contributed by atoms with Crippen molar-refractivity contribution < 1.29 is 9.50 Å². The largest absolute Gasteiger partial charge is 0.390 e. The van der Waals surface area contributed by atoms with E-state index in [9.17, 15) is 14.8 Å². The summed E-state index contributed by atoms with van der Waals surface area (Å²) in [6.07, 6.45) is 6.96. The summed E-state index contributed by atoms with van der Waals surface area (Å²) >= 11 is 0. The Morgan fingerprint density at radius 2 is 1.95 bits per heavy atom. The molecule has 1 N–H and O–H groups in total. The molecule has 5 aromatic rings. The summed E-state index contributed by atoms with van der Waals surface area (Å²) in [5.74, 6) is 1.09. The van der Waals surface area contributed by atoms with Gasteiger partial charge in [-0.05, 0) is 60.4 Å². The van der Waals surface area contributed by atoms with Crippen molar-refractivity contribution in [1.82, 2.24) is 34.5 Å². The Balaban J connectivity index is 1.48. The van der Waals surface area contributed by atoms with E-state index in [0.717, 1.165) is 35.2 Å². The molecule has 4 heterocycles. The third-order valence-corrected chi connectivity index (χ3v) is 6.40. The van der Waals surface area contributed by atoms with Crippen molar-refractivity contribution in [3.63, 3.8) is 0 Å². The van der Waals surface area contributed by atoms with Crippen LogP contribution in [0.2, 0.25) is 0 Å². The first-order chi connectivity index (χ1) is 18.0. The number of nitriles is 1. The fraction of sp³-hybridized carbons (Fsp3) is 0.185. The van der Waals surface area contributed by atoms with Gasteiger partial charge in [-0.3, -0.25) is 0 Å². The van der Waals surface area contributed by atoms with Crippen LogP contribution in [0.1, 0.15) is 35.7 Å². The van der Waals surface area contributed by atoms with Crippen molar-refractivity contribution in [2.75, 3.05) is 0 Å². The van der Waals surface area contributed by atoms with Crippen LogP contribution in [0.4, 0.5) is 4.39 Å². The Morgan fingerprint density at radius 3 is 2.68 bits per heavy atom. The van der Waals surface area contributed by atoms with E-state index in [4.69, 9.17) is 4.98 Å². The molecule has 0 radical (unpaired) electrons. The molecule has 1 saturated carbocycles. The highest BCUT2D eigenvalue weighted by Gasteiger charge is 2.27. The molecular formula is C27H21FN8O. The standard InChI is InChI=1S/C27H21FN8O/c1-35-15-30-34-27(35)22-8-16(11-29)2-6-21(22)18-9-24(17-3-4-17)33-25(10-18)36-13-19(12-31-36)26-23(28)7-5-20(14-37)32-26/h2,5-10,12-13,15,17,37H,3-4,14H2,1H3. The van der Waals surface area contributed by atoms with Crippen LogP contribution in [-0.4, -0.2) is 39.6 Å². The van der Waals surface area contributed by atoms with Crippen LogP contribution in [0.25, 0.3) is 39.6 Å². The maximum absolute atomic E-state index is 14.5. The number of hydrogen-bond donors (Lipinski definition) is 1. The second-order valence-electron chi connectivity index (χ2n) is 9.02. The molecule has 4 aromatic heterocycles. The molecule has 0 saturated heterocycles. The van der Waals surface area contributed by atoms with Gasteiger partial charge in [0, 0.05) is 36.0 Å². The summed E-state index contributed by atoms with van der Waals surface area (Å²) in [5, 5.41) is 31.6. The number of halogens is 1. The van der Waals surface area contributed by atoms with E-state index in [1.165, 1.54) is 18.3 Å². The Morgan fingerprint density at radius 1 is 1.08 bits per heavy atom. The predicted octanol–water partition coefficient (Wildman–Crippen LogP) is 4.17. The van der Waals surface area contributed by atoms with Crippen molar-refractivity contribution in [2.24, 2.45) is 7.05 Å². The number of aromatic nitrogens is 7. The molecular weight excluding hydrogens is 471 g/mol. The Bertz CT molecular complexity index is 1680. The molecule has 0 bridgehead atoms. The zero-order valence-electron chi connectivity index (χ0n) is 19.9. The van der Waals surface area contributed by atoms with Crippen molar-refractivity contribution >= 4 is 0 Å². The predicted molar refractivity (Wildman–Crippen MR) is 133 cm³/mol. The van der Waals surface area contributed by atoms with Crippen LogP contribution >= 0.6 is 0 Å². The summed E-state index contributed by atoms with van der Waals surface area (Å²) in [6, 6.07) is 14.4. The molecule has 0 unspecified atom stereocenters. The minimum atomic E-state index is -0.497. The molecule has 0 spiro atoms. The van der Waals surface area contributed by atoms with Gasteiger partial charge in [-0.15, -0.1) is 10.2 Å². The number of aryl methyl sites for hydroxylation is 1. The maximum atomic E-state index is 14.5. The highest BCUT2D eigenvalue weighted by atomic mass is 19.1. The number of aliphatic hydroxyl groups is 1. The molecule has 1 aliphatic rings. The average Bonchev–Trinajstić information content (AvgIpc) is 3.51. The van der Waals surface area contributed by atoms with Gasteiger partial charge in [0.25, 0.3) is 0 Å². The van der Waals surface area contributed by atoms with Crippen molar-refractivity contribution in [3.05, 3.63) is 84.0 Å². The Kier molecular flexibility index (Phi) is 5.54. The molecule has 1 aliphatic carbocycles. The van der Waals surface area contributed by atoms with E-state index in [1.54, 1.807) is 23.3 Å². The van der Waals surface area contributed by atoms with Crippen LogP contribution in [0, 0.1) is 17.1 Å². The summed E-state index contributed by atoms with van der Waals surface area (Å²) in [6.45, 7) is -0.284. The summed E-state index contributed by atoms with van der Waals surface area (Å²) in [7, 11) is 1.86. The summed E-state index contributed by atoms with van der Waals surface area (Å²) in [5.41, 5.74) is 5.01. The molecule has 37 heavy (non-hydrogen) atoms. The highest BCUT2D eigenvalue weighted by molar-refractivity contribution is 5.82. The van der Waals surface area contributed by atoms with Crippen molar-refractivity contribution in [2.45, 2.75) is 25.4 Å². The lowest BCUT2D eigenvalue weighted by Gasteiger charge is -2.13. The van der Waals surface area contributed by atoms with E-state index in [0.29, 0.717) is 34.4 Å². The van der Waals surface area contributed by atoms with Crippen molar-refractivity contribution in [1.29, 1.82) is 5.26 Å². The van der Waals surface area contributed by atoms with E-state index < -0.39 is 5.82 Å². The van der Waals surface area contributed by atoms with Crippen LogP contribution in [0.3, 0.4) is 0 Å². The van der Waals surface area contributed by atoms with E-state index in [-0.39, 0.29) is 12.3 Å². The SMILES string of the molecule is Cn1cnnc1-c1cc(C#N)ccc1-c1cc(C2CC2)nc(-n2cc(-c3nc(CO)ccc3F)cn2)c1. The lowest BCUT2D eigenvalue weighted by molar-refractivity contribution is 0.276. The van der Waals surface area contributed by atoms with Crippen molar-refractivity contribution in [3.8, 4) is 45.7 Å². The molecule has 1 aromatic carbocycles. The van der Waals surface area contributed by atoms with Gasteiger partial charge >= 0.3 is 0 Å². The quantitative estimate of drug-likeness (QED) is 0.378. The van der Waals surface area contributed by atoms with Gasteiger partial charge in [0.2, 0.25) is 0 Å². The van der Waals surface area contributed by atoms with Gasteiger partial charge in [0.15, 0.2) is 11.6 Å². The normalized spacial score (nSPS) is 13.0. The van der Waals surface area contributed by atoms with Gasteiger partial charge in [0.05, 0.1) is 30.1 Å². The fourth-order valence-electron chi connectivity index (χ4n) is 4.32. The van der Waals surface area contributed by atoms with Gasteiger partial charge in [-0.25, -0.2) is 19.0 Å². The van der Waals surface area contributed by atoms with E-state index in [2.05, 4.69) is 32.4 Å². The molecule has 0 atom stereocenters. The van der Waals surface area contributed by atoms with E-state index >= 15 is 0 Å². The monoisotopic (exact) mass is 492 g/mol. The average molecular weight is 493 g/mol. The van der Waals surface area contributed by atoms with Gasteiger partial charge in [-0.1, -0.05) is 6.07 Å². The molecule has 0 amide bonds. The number of hydrogen-bond acceptors (Lipinski definition) is 7. The second kappa shape index (κ2) is 9.04. The molecule has 182 valence electrons. The maximum Gasteiger partial charge on any atom is 0.164 e. The molecule has 1 fully saturated rings. The number of aliphatic hydroxyl groups excluding tert-OH is 1. The first-order valence-electron chi connectivity index (χ1n) is 11.8. The third kappa shape index (κ3) is 4.26. The van der Waals surface area contributed by atoms with Crippen LogP contribution in [0.5, 0.6) is 0 Å². The number of benzene rings is 1. The van der Waals surface area contributed by atoms with Crippen LogP contribution in [0.15, 0.2) is 61.2 Å². The minimum absolute atomic E-state index is 0.119. The zero-order valence-corrected chi connectivity index (χ0v) is 19.9. The van der Waals surface area contributed by atoms with Crippen LogP contribution < -0.4 is 0 Å². The molecule has 0 aliphatic heterocycles. The third-order valence-electron chi connectivity index (χ3n) is 6.40. The smallest absolute Gasteiger partial charge is 0.164 e. The number of rotatable bonds is 6. The topological polar surface area (TPSA) is 118 Å².